The van der Waals surface area contributed by atoms with Crippen molar-refractivity contribution in [1.82, 2.24) is 20.1 Å². The Balaban J connectivity index is 1.80. The maximum Gasteiger partial charge on any atom is 0.239 e. The number of fused-ring (bicyclic) bond motifs is 1. The summed E-state index contributed by atoms with van der Waals surface area (Å²) in [5.41, 5.74) is 1.86. The van der Waals surface area contributed by atoms with Gasteiger partial charge in [0.25, 0.3) is 0 Å². The smallest absolute Gasteiger partial charge is 0.239 e. The first-order valence-electron chi connectivity index (χ1n) is 6.72. The molecule has 1 unspecified atom stereocenters. The molecule has 21 heavy (non-hydrogen) atoms. The quantitative estimate of drug-likeness (QED) is 0.728. The number of aromatic amines is 1. The molecule has 7 heteroatoms. The van der Waals surface area contributed by atoms with E-state index in [4.69, 9.17) is 9.26 Å². The van der Waals surface area contributed by atoms with E-state index < -0.39 is 0 Å². The minimum Gasteiger partial charge on any atom is -0.497 e. The van der Waals surface area contributed by atoms with Crippen LogP contribution >= 0.6 is 11.8 Å². The van der Waals surface area contributed by atoms with Gasteiger partial charge < -0.3 is 14.2 Å². The van der Waals surface area contributed by atoms with Crippen molar-refractivity contribution < 1.29 is 9.26 Å². The zero-order chi connectivity index (χ0) is 14.8. The second-order valence-electron chi connectivity index (χ2n) is 4.59. The van der Waals surface area contributed by atoms with Gasteiger partial charge in [0.15, 0.2) is 11.0 Å². The number of methoxy groups -OCH3 is 1. The molecule has 6 nitrogen and oxygen atoms in total. The van der Waals surface area contributed by atoms with Crippen LogP contribution in [-0.2, 0) is 6.42 Å². The third-order valence-corrected chi connectivity index (χ3v) is 4.08. The lowest BCUT2D eigenvalue weighted by atomic mass is 10.3. The van der Waals surface area contributed by atoms with Crippen LogP contribution in [0.3, 0.4) is 0 Å². The van der Waals surface area contributed by atoms with Crippen LogP contribution in [0.1, 0.15) is 30.8 Å². The highest BCUT2D eigenvalue weighted by Crippen LogP contribution is 2.33. The highest BCUT2D eigenvalue weighted by Gasteiger charge is 2.17. The molecule has 1 aromatic carbocycles. The molecule has 0 aliphatic heterocycles. The third-order valence-electron chi connectivity index (χ3n) is 3.10. The number of nitrogens with zero attached hydrogens (tertiary/aromatic N) is 3. The largest absolute Gasteiger partial charge is 0.497 e. The van der Waals surface area contributed by atoms with Crippen molar-refractivity contribution in [3.63, 3.8) is 0 Å². The van der Waals surface area contributed by atoms with Gasteiger partial charge in [-0.1, -0.05) is 23.8 Å². The molecular weight excluding hydrogens is 288 g/mol. The van der Waals surface area contributed by atoms with Crippen LogP contribution < -0.4 is 4.74 Å². The molecule has 1 atom stereocenters. The Morgan fingerprint density at radius 1 is 1.38 bits per heavy atom. The van der Waals surface area contributed by atoms with Gasteiger partial charge in [0.1, 0.15) is 5.75 Å². The van der Waals surface area contributed by atoms with Gasteiger partial charge >= 0.3 is 0 Å². The maximum absolute atomic E-state index is 5.26. The fourth-order valence-corrected chi connectivity index (χ4v) is 2.79. The van der Waals surface area contributed by atoms with Crippen molar-refractivity contribution in [3.8, 4) is 5.75 Å². The first-order chi connectivity index (χ1) is 10.2. The highest BCUT2D eigenvalue weighted by atomic mass is 32.2. The Morgan fingerprint density at radius 3 is 2.95 bits per heavy atom. The topological polar surface area (TPSA) is 76.8 Å². The molecule has 0 amide bonds. The average molecular weight is 304 g/mol. The van der Waals surface area contributed by atoms with Crippen molar-refractivity contribution in [2.24, 2.45) is 0 Å². The normalized spacial score (nSPS) is 12.7. The van der Waals surface area contributed by atoms with Crippen LogP contribution in [0.5, 0.6) is 5.75 Å². The number of hydrogen-bond acceptors (Lipinski definition) is 6. The minimum absolute atomic E-state index is 0.0419. The van der Waals surface area contributed by atoms with Gasteiger partial charge in [0, 0.05) is 12.5 Å². The van der Waals surface area contributed by atoms with E-state index in [0.29, 0.717) is 5.89 Å². The SMILES string of the molecule is CCc1noc(C(C)Sc2nc3ccc(OC)cc3[nH]2)n1. The van der Waals surface area contributed by atoms with E-state index in [2.05, 4.69) is 20.1 Å². The standard InChI is InChI=1S/C14H16N4O2S/c1-4-12-17-13(20-18-12)8(2)21-14-15-10-6-5-9(19-3)7-11(10)16-14/h5-8H,4H2,1-3H3,(H,15,16). The van der Waals surface area contributed by atoms with Gasteiger partial charge in [0.05, 0.1) is 23.4 Å². The molecule has 110 valence electrons. The predicted octanol–water partition coefficient (Wildman–Crippen LogP) is 3.37. The van der Waals surface area contributed by atoms with Gasteiger partial charge in [-0.2, -0.15) is 4.98 Å². The van der Waals surface area contributed by atoms with Gasteiger partial charge in [-0.05, 0) is 19.1 Å². The van der Waals surface area contributed by atoms with Crippen LogP contribution in [0.4, 0.5) is 0 Å². The molecule has 3 aromatic rings. The summed E-state index contributed by atoms with van der Waals surface area (Å²) in [6.07, 6.45) is 0.769. The van der Waals surface area contributed by atoms with Crippen LogP contribution in [0, 0.1) is 0 Å². The number of hydrogen-bond donors (Lipinski definition) is 1. The van der Waals surface area contributed by atoms with Crippen LogP contribution in [0.25, 0.3) is 11.0 Å². The van der Waals surface area contributed by atoms with Crippen LogP contribution in [0.15, 0.2) is 27.9 Å². The van der Waals surface area contributed by atoms with Gasteiger partial charge in [-0.15, -0.1) is 0 Å². The number of aryl methyl sites for hydroxylation is 1. The summed E-state index contributed by atoms with van der Waals surface area (Å²) < 4.78 is 10.5. The first kappa shape index (κ1) is 13.9. The molecule has 0 fully saturated rings. The van der Waals surface area contributed by atoms with Gasteiger partial charge in [0.2, 0.25) is 5.89 Å². The number of rotatable bonds is 5. The summed E-state index contributed by atoms with van der Waals surface area (Å²) in [6.45, 7) is 4.02. The van der Waals surface area contributed by atoms with Crippen molar-refractivity contribution in [2.75, 3.05) is 7.11 Å². The zero-order valence-corrected chi connectivity index (χ0v) is 12.9. The number of thioether (sulfide) groups is 1. The number of ether oxygens (including phenoxy) is 1. The average Bonchev–Trinajstić information content (AvgIpc) is 3.12. The fraction of sp³-hybridized carbons (Fsp3) is 0.357. The minimum atomic E-state index is 0.0419. The number of imidazole rings is 1. The summed E-state index contributed by atoms with van der Waals surface area (Å²) in [4.78, 5) is 12.2. The summed E-state index contributed by atoms with van der Waals surface area (Å²) in [7, 11) is 1.65. The van der Waals surface area contributed by atoms with E-state index >= 15 is 0 Å². The van der Waals surface area contributed by atoms with E-state index in [-0.39, 0.29) is 5.25 Å². The fourth-order valence-electron chi connectivity index (χ4n) is 1.94. The maximum atomic E-state index is 5.26. The molecule has 0 radical (unpaired) electrons. The Hall–Kier alpha value is -2.02. The second-order valence-corrected chi connectivity index (χ2v) is 5.92. The van der Waals surface area contributed by atoms with E-state index in [0.717, 1.165) is 34.2 Å². The second kappa shape index (κ2) is 5.77. The third kappa shape index (κ3) is 2.87. The number of nitrogens with one attached hydrogen (secondary N) is 1. The molecule has 3 rings (SSSR count). The Bertz CT molecular complexity index is 752. The number of benzene rings is 1. The highest BCUT2D eigenvalue weighted by molar-refractivity contribution is 7.99. The molecule has 0 bridgehead atoms. The van der Waals surface area contributed by atoms with E-state index in [1.165, 1.54) is 0 Å². The lowest BCUT2D eigenvalue weighted by Gasteiger charge is -2.02. The Kier molecular flexibility index (Phi) is 3.83. The Morgan fingerprint density at radius 2 is 2.24 bits per heavy atom. The van der Waals surface area contributed by atoms with Crippen molar-refractivity contribution >= 4 is 22.8 Å². The predicted molar refractivity (Wildman–Crippen MR) is 80.6 cm³/mol. The van der Waals surface area contributed by atoms with Gasteiger partial charge in [-0.25, -0.2) is 4.98 Å². The van der Waals surface area contributed by atoms with Crippen molar-refractivity contribution in [2.45, 2.75) is 30.7 Å². The summed E-state index contributed by atoms with van der Waals surface area (Å²) in [5.74, 6) is 2.15. The first-order valence-corrected chi connectivity index (χ1v) is 7.60. The number of aromatic nitrogens is 4. The molecule has 2 heterocycles. The monoisotopic (exact) mass is 304 g/mol. The summed E-state index contributed by atoms with van der Waals surface area (Å²) in [5, 5.41) is 4.78. The summed E-state index contributed by atoms with van der Waals surface area (Å²) >= 11 is 1.56. The molecular formula is C14H16N4O2S. The van der Waals surface area contributed by atoms with E-state index in [9.17, 15) is 0 Å². The molecule has 1 N–H and O–H groups in total. The van der Waals surface area contributed by atoms with Crippen LogP contribution in [-0.4, -0.2) is 27.2 Å². The van der Waals surface area contributed by atoms with E-state index in [1.54, 1.807) is 18.9 Å². The molecule has 0 aliphatic carbocycles. The summed E-state index contributed by atoms with van der Waals surface area (Å²) in [6, 6.07) is 5.76. The lowest BCUT2D eigenvalue weighted by molar-refractivity contribution is 0.375. The molecule has 0 saturated carbocycles. The molecule has 0 aliphatic rings. The zero-order valence-electron chi connectivity index (χ0n) is 12.1. The number of H-pyrrole nitrogens is 1. The van der Waals surface area contributed by atoms with Gasteiger partial charge in [-0.3, -0.25) is 0 Å². The molecule has 0 saturated heterocycles. The van der Waals surface area contributed by atoms with Crippen LogP contribution in [0.2, 0.25) is 0 Å². The van der Waals surface area contributed by atoms with Crippen molar-refractivity contribution in [1.29, 1.82) is 0 Å². The van der Waals surface area contributed by atoms with Crippen molar-refractivity contribution in [3.05, 3.63) is 29.9 Å². The lowest BCUT2D eigenvalue weighted by Crippen LogP contribution is -1.90. The molecule has 0 spiro atoms. The molecule has 2 aromatic heterocycles. The Labute approximate surface area is 126 Å². The van der Waals surface area contributed by atoms with E-state index in [1.807, 2.05) is 32.0 Å².